The van der Waals surface area contributed by atoms with Gasteiger partial charge in [-0.3, -0.25) is 34.5 Å². The molecule has 3 aromatic carbocycles. The zero-order valence-electron chi connectivity index (χ0n) is 28.8. The quantitative estimate of drug-likeness (QED) is 0.154. The Balaban J connectivity index is 0.892. The first kappa shape index (κ1) is 34.6. The second-order valence-electron chi connectivity index (χ2n) is 13.2. The molecule has 1 unspecified atom stereocenters. The Morgan fingerprint density at radius 3 is 2.37 bits per heavy atom. The summed E-state index contributed by atoms with van der Waals surface area (Å²) in [6.07, 6.45) is 5.71. The van der Waals surface area contributed by atoms with Crippen molar-refractivity contribution in [1.29, 1.82) is 0 Å². The van der Waals surface area contributed by atoms with Gasteiger partial charge in [0, 0.05) is 92.3 Å². The molecule has 2 aliphatic rings. The molecular formula is C40H39FN8O3. The number of aromatic nitrogens is 3. The van der Waals surface area contributed by atoms with Gasteiger partial charge in [-0.05, 0) is 78.6 Å². The van der Waals surface area contributed by atoms with E-state index in [0.29, 0.717) is 35.7 Å². The lowest BCUT2D eigenvalue weighted by molar-refractivity contribution is -0.134. The topological polar surface area (TPSA) is 132 Å². The smallest absolute Gasteiger partial charge is 0.255 e. The number of hydrogen-bond acceptors (Lipinski definition) is 9. The van der Waals surface area contributed by atoms with E-state index >= 15 is 0 Å². The highest BCUT2D eigenvalue weighted by Crippen LogP contribution is 2.28. The van der Waals surface area contributed by atoms with Crippen LogP contribution in [0.4, 0.5) is 21.7 Å². The number of nitrogens with one attached hydrogen (secondary N) is 3. The van der Waals surface area contributed by atoms with Gasteiger partial charge in [0.25, 0.3) is 5.91 Å². The Kier molecular flexibility index (Phi) is 10.4. The van der Waals surface area contributed by atoms with Gasteiger partial charge in [-0.25, -0.2) is 14.4 Å². The SMILES string of the molecule is Cc1ccc(NC(=O)c2ccc(CN3CCN(Cc4ccc(C5CCC(=O)NC5=O)c(F)c4)CC3)cc2)cc1Nc1nccc(-c2cccnc2)n1. The molecule has 0 aliphatic carbocycles. The van der Waals surface area contributed by atoms with Crippen molar-refractivity contribution < 1.29 is 18.8 Å². The minimum absolute atomic E-state index is 0.202. The molecule has 2 aliphatic heterocycles. The van der Waals surface area contributed by atoms with Gasteiger partial charge in [-0.1, -0.05) is 30.3 Å². The molecule has 0 spiro atoms. The van der Waals surface area contributed by atoms with Crippen LogP contribution in [0, 0.1) is 12.7 Å². The molecule has 3 N–H and O–H groups in total. The average molecular weight is 699 g/mol. The van der Waals surface area contributed by atoms with Gasteiger partial charge < -0.3 is 10.6 Å². The van der Waals surface area contributed by atoms with Crippen molar-refractivity contribution in [2.45, 2.75) is 38.8 Å². The Bertz CT molecular complexity index is 2090. The Morgan fingerprint density at radius 2 is 1.65 bits per heavy atom. The monoisotopic (exact) mass is 698 g/mol. The molecule has 264 valence electrons. The maximum Gasteiger partial charge on any atom is 0.255 e. The number of carbonyl (C=O) groups excluding carboxylic acids is 3. The van der Waals surface area contributed by atoms with Gasteiger partial charge in [-0.15, -0.1) is 0 Å². The molecule has 3 amide bonds. The molecule has 2 fully saturated rings. The zero-order chi connectivity index (χ0) is 36.0. The number of anilines is 3. The lowest BCUT2D eigenvalue weighted by atomic mass is 9.89. The van der Waals surface area contributed by atoms with Gasteiger partial charge in [0.05, 0.1) is 11.6 Å². The van der Waals surface area contributed by atoms with Crippen molar-refractivity contribution in [3.05, 3.63) is 131 Å². The Hall–Kier alpha value is -5.85. The van der Waals surface area contributed by atoms with Crippen LogP contribution in [0.3, 0.4) is 0 Å². The fourth-order valence-electron chi connectivity index (χ4n) is 6.58. The van der Waals surface area contributed by atoms with E-state index in [-0.39, 0.29) is 18.2 Å². The fourth-order valence-corrected chi connectivity index (χ4v) is 6.58. The average Bonchev–Trinajstić information content (AvgIpc) is 3.15. The number of carbonyl (C=O) groups is 3. The maximum absolute atomic E-state index is 15.0. The summed E-state index contributed by atoms with van der Waals surface area (Å²) in [5.74, 6) is -1.54. The summed E-state index contributed by atoms with van der Waals surface area (Å²) >= 11 is 0. The van der Waals surface area contributed by atoms with Gasteiger partial charge in [0.15, 0.2) is 0 Å². The molecule has 0 bridgehead atoms. The first-order chi connectivity index (χ1) is 25.3. The van der Waals surface area contributed by atoms with E-state index in [4.69, 9.17) is 0 Å². The zero-order valence-corrected chi connectivity index (χ0v) is 28.8. The van der Waals surface area contributed by atoms with E-state index < -0.39 is 17.6 Å². The number of halogens is 1. The third-order valence-electron chi connectivity index (χ3n) is 9.53. The first-order valence-corrected chi connectivity index (χ1v) is 17.4. The molecule has 2 saturated heterocycles. The predicted molar refractivity (Wildman–Crippen MR) is 196 cm³/mol. The largest absolute Gasteiger partial charge is 0.324 e. The van der Waals surface area contributed by atoms with E-state index in [9.17, 15) is 18.8 Å². The molecule has 0 radical (unpaired) electrons. The van der Waals surface area contributed by atoms with Gasteiger partial charge in [-0.2, -0.15) is 0 Å². The van der Waals surface area contributed by atoms with Crippen molar-refractivity contribution >= 4 is 35.0 Å². The van der Waals surface area contributed by atoms with E-state index in [0.717, 1.165) is 66.4 Å². The second kappa shape index (κ2) is 15.6. The highest BCUT2D eigenvalue weighted by Gasteiger charge is 2.30. The van der Waals surface area contributed by atoms with Crippen LogP contribution in [-0.4, -0.2) is 68.7 Å². The number of imide groups is 1. The van der Waals surface area contributed by atoms with E-state index in [2.05, 4.69) is 40.7 Å². The van der Waals surface area contributed by atoms with E-state index in [1.54, 1.807) is 24.7 Å². The van der Waals surface area contributed by atoms with Crippen molar-refractivity contribution in [1.82, 2.24) is 30.1 Å². The van der Waals surface area contributed by atoms with Crippen molar-refractivity contribution in [3.63, 3.8) is 0 Å². The molecule has 12 heteroatoms. The number of piperidine rings is 1. The van der Waals surface area contributed by atoms with E-state index in [1.165, 1.54) is 6.07 Å². The molecule has 52 heavy (non-hydrogen) atoms. The maximum atomic E-state index is 15.0. The normalized spacial score (nSPS) is 16.7. The van der Waals surface area contributed by atoms with Crippen LogP contribution in [0.1, 0.15) is 51.4 Å². The summed E-state index contributed by atoms with van der Waals surface area (Å²) in [5, 5.41) is 8.59. The highest BCUT2D eigenvalue weighted by atomic mass is 19.1. The number of amides is 3. The van der Waals surface area contributed by atoms with Gasteiger partial charge in [0.2, 0.25) is 17.8 Å². The summed E-state index contributed by atoms with van der Waals surface area (Å²) in [6, 6.07) is 24.0. The summed E-state index contributed by atoms with van der Waals surface area (Å²) in [4.78, 5) is 54.7. The number of hydrogen-bond donors (Lipinski definition) is 3. The Labute approximate surface area is 301 Å². The number of pyridine rings is 1. The van der Waals surface area contributed by atoms with Crippen LogP contribution in [0.25, 0.3) is 11.3 Å². The molecule has 4 heterocycles. The molecule has 0 saturated carbocycles. The Morgan fingerprint density at radius 1 is 0.904 bits per heavy atom. The van der Waals surface area contributed by atoms with Crippen LogP contribution in [0.5, 0.6) is 0 Å². The number of nitrogens with zero attached hydrogens (tertiary/aromatic N) is 5. The molecule has 11 nitrogen and oxygen atoms in total. The lowest BCUT2D eigenvalue weighted by Gasteiger charge is -2.34. The fraction of sp³-hybridized carbons (Fsp3) is 0.250. The second-order valence-corrected chi connectivity index (χ2v) is 13.2. The summed E-state index contributed by atoms with van der Waals surface area (Å²) in [5.41, 5.74) is 6.94. The van der Waals surface area contributed by atoms with Crippen molar-refractivity contribution in [2.75, 3.05) is 36.8 Å². The van der Waals surface area contributed by atoms with Crippen LogP contribution in [0.2, 0.25) is 0 Å². The third kappa shape index (κ3) is 8.36. The molecule has 1 atom stereocenters. The minimum atomic E-state index is -0.632. The third-order valence-corrected chi connectivity index (χ3v) is 9.53. The molecule has 5 aromatic rings. The number of piperazine rings is 1. The van der Waals surface area contributed by atoms with Crippen LogP contribution in [0.15, 0.2) is 97.5 Å². The van der Waals surface area contributed by atoms with Gasteiger partial charge >= 0.3 is 0 Å². The molecule has 7 rings (SSSR count). The van der Waals surface area contributed by atoms with Crippen molar-refractivity contribution in [2.24, 2.45) is 0 Å². The molecular weight excluding hydrogens is 659 g/mol. The molecule has 2 aromatic heterocycles. The summed E-state index contributed by atoms with van der Waals surface area (Å²) in [7, 11) is 0. The van der Waals surface area contributed by atoms with Gasteiger partial charge in [0.1, 0.15) is 5.82 Å². The first-order valence-electron chi connectivity index (χ1n) is 17.4. The van der Waals surface area contributed by atoms with Crippen molar-refractivity contribution in [3.8, 4) is 11.3 Å². The number of aryl methyl sites for hydroxylation is 1. The number of rotatable bonds is 10. The standard InChI is InChI=1S/C40H39FN8O3/c1-26-4-10-31(22-36(26)46-40-43-16-14-35(45-40)30-3-2-15-42-23-30)44-38(51)29-8-5-27(6-9-29)24-48-17-19-49(20-18-48)25-28-7-11-32(34(41)21-28)33-12-13-37(50)47-39(33)52/h2-11,14-16,21-23,33H,12-13,17-20,24-25H2,1H3,(H,44,51)(H,43,45,46)(H,47,50,52). The highest BCUT2D eigenvalue weighted by molar-refractivity contribution is 6.04. The van der Waals surface area contributed by atoms with Crippen LogP contribution >= 0.6 is 0 Å². The predicted octanol–water partition coefficient (Wildman–Crippen LogP) is 5.82. The lowest BCUT2D eigenvalue weighted by Crippen LogP contribution is -2.45. The summed E-state index contributed by atoms with van der Waals surface area (Å²) < 4.78 is 15.0. The summed E-state index contributed by atoms with van der Waals surface area (Å²) in [6.45, 7) is 6.77. The minimum Gasteiger partial charge on any atom is -0.324 e. The number of benzene rings is 3. The van der Waals surface area contributed by atoms with Crippen LogP contribution < -0.4 is 16.0 Å². The van der Waals surface area contributed by atoms with E-state index in [1.807, 2.05) is 73.7 Å². The van der Waals surface area contributed by atoms with Crippen LogP contribution in [-0.2, 0) is 22.7 Å².